The average molecular weight is 247 g/mol. The van der Waals surface area contributed by atoms with Gasteiger partial charge in [0.1, 0.15) is 10.8 Å². The second kappa shape index (κ2) is 4.47. The number of rotatable bonds is 3. The van der Waals surface area contributed by atoms with E-state index < -0.39 is 0 Å². The molecule has 3 rings (SSSR count). The molecule has 0 aliphatic carbocycles. The van der Waals surface area contributed by atoms with Crippen LogP contribution < -0.4 is 4.74 Å². The van der Waals surface area contributed by atoms with E-state index in [0.29, 0.717) is 6.42 Å². The van der Waals surface area contributed by atoms with E-state index in [0.717, 1.165) is 34.2 Å². The van der Waals surface area contributed by atoms with Crippen molar-refractivity contribution in [1.29, 1.82) is 0 Å². The van der Waals surface area contributed by atoms with E-state index in [4.69, 9.17) is 9.84 Å². The van der Waals surface area contributed by atoms with Crippen molar-refractivity contribution in [3.05, 3.63) is 34.8 Å². The van der Waals surface area contributed by atoms with E-state index in [2.05, 4.69) is 11.1 Å². The van der Waals surface area contributed by atoms with Crippen molar-refractivity contribution in [2.45, 2.75) is 12.8 Å². The normalized spacial score (nSPS) is 13.5. The summed E-state index contributed by atoms with van der Waals surface area (Å²) < 4.78 is 5.48. The zero-order chi connectivity index (χ0) is 11.7. The largest absolute Gasteiger partial charge is 0.493 e. The van der Waals surface area contributed by atoms with Crippen molar-refractivity contribution in [2.75, 3.05) is 13.2 Å². The van der Waals surface area contributed by atoms with Crippen LogP contribution >= 0.6 is 11.3 Å². The zero-order valence-electron chi connectivity index (χ0n) is 9.35. The number of aliphatic hydroxyl groups is 1. The Morgan fingerprint density at radius 2 is 2.35 bits per heavy atom. The summed E-state index contributed by atoms with van der Waals surface area (Å²) in [4.78, 5) is 5.52. The molecular formula is C13H13NO2S. The Balaban J connectivity index is 1.92. The van der Waals surface area contributed by atoms with Gasteiger partial charge in [0.2, 0.25) is 0 Å². The van der Waals surface area contributed by atoms with Crippen molar-refractivity contribution in [1.82, 2.24) is 4.98 Å². The van der Waals surface area contributed by atoms with E-state index in [1.54, 1.807) is 11.3 Å². The molecule has 1 aromatic heterocycles. The third-order valence-electron chi connectivity index (χ3n) is 2.85. The minimum absolute atomic E-state index is 0.180. The van der Waals surface area contributed by atoms with Gasteiger partial charge in [-0.25, -0.2) is 4.98 Å². The first-order valence-corrected chi connectivity index (χ1v) is 6.50. The number of hydrogen-bond donors (Lipinski definition) is 1. The van der Waals surface area contributed by atoms with E-state index in [9.17, 15) is 0 Å². The average Bonchev–Trinajstić information content (AvgIpc) is 2.96. The summed E-state index contributed by atoms with van der Waals surface area (Å²) >= 11 is 1.64. The first kappa shape index (κ1) is 10.7. The fraction of sp³-hybridized carbons (Fsp3) is 0.308. The second-order valence-electron chi connectivity index (χ2n) is 4.03. The number of nitrogens with zero attached hydrogens (tertiary/aromatic N) is 1. The van der Waals surface area contributed by atoms with E-state index in [1.807, 2.05) is 18.3 Å². The van der Waals surface area contributed by atoms with E-state index in [1.165, 1.54) is 5.56 Å². The van der Waals surface area contributed by atoms with Crippen LogP contribution in [0, 0.1) is 0 Å². The highest BCUT2D eigenvalue weighted by molar-refractivity contribution is 7.15. The van der Waals surface area contributed by atoms with Gasteiger partial charge in [0.15, 0.2) is 0 Å². The SMILES string of the molecule is OCCc1cnc(-c2ccc3c(c2)CCO3)s1. The molecule has 0 saturated carbocycles. The predicted molar refractivity (Wildman–Crippen MR) is 67.5 cm³/mol. The van der Waals surface area contributed by atoms with Crippen LogP contribution in [0.4, 0.5) is 0 Å². The maximum Gasteiger partial charge on any atom is 0.123 e. The monoisotopic (exact) mass is 247 g/mol. The molecular weight excluding hydrogens is 234 g/mol. The van der Waals surface area contributed by atoms with Gasteiger partial charge in [0.25, 0.3) is 0 Å². The Kier molecular flexibility index (Phi) is 2.82. The van der Waals surface area contributed by atoms with Gasteiger partial charge in [0, 0.05) is 36.1 Å². The van der Waals surface area contributed by atoms with Crippen molar-refractivity contribution in [3.63, 3.8) is 0 Å². The number of benzene rings is 1. The lowest BCUT2D eigenvalue weighted by atomic mass is 10.1. The second-order valence-corrected chi connectivity index (χ2v) is 5.14. The number of hydrogen-bond acceptors (Lipinski definition) is 4. The van der Waals surface area contributed by atoms with Gasteiger partial charge >= 0.3 is 0 Å². The number of ether oxygens (including phenoxy) is 1. The number of fused-ring (bicyclic) bond motifs is 1. The number of aromatic nitrogens is 1. The fourth-order valence-electron chi connectivity index (χ4n) is 1.99. The molecule has 2 heterocycles. The van der Waals surface area contributed by atoms with Crippen LogP contribution in [0.3, 0.4) is 0 Å². The van der Waals surface area contributed by atoms with Gasteiger partial charge in [-0.2, -0.15) is 0 Å². The lowest BCUT2D eigenvalue weighted by Gasteiger charge is -2.00. The quantitative estimate of drug-likeness (QED) is 0.904. The molecule has 0 spiro atoms. The minimum Gasteiger partial charge on any atom is -0.493 e. The lowest BCUT2D eigenvalue weighted by molar-refractivity contribution is 0.300. The molecule has 3 nitrogen and oxygen atoms in total. The van der Waals surface area contributed by atoms with Gasteiger partial charge < -0.3 is 9.84 Å². The predicted octanol–water partition coefficient (Wildman–Crippen LogP) is 2.28. The van der Waals surface area contributed by atoms with Gasteiger partial charge in [-0.15, -0.1) is 11.3 Å². The molecule has 0 bridgehead atoms. The Hall–Kier alpha value is -1.39. The molecule has 1 aliphatic heterocycles. The Bertz CT molecular complexity index is 536. The Morgan fingerprint density at radius 1 is 1.41 bits per heavy atom. The van der Waals surface area contributed by atoms with Crippen molar-refractivity contribution >= 4 is 11.3 Å². The van der Waals surface area contributed by atoms with E-state index in [-0.39, 0.29) is 6.61 Å². The first-order valence-electron chi connectivity index (χ1n) is 5.68. The summed E-state index contributed by atoms with van der Waals surface area (Å²) in [6.45, 7) is 0.964. The zero-order valence-corrected chi connectivity index (χ0v) is 10.2. The summed E-state index contributed by atoms with van der Waals surface area (Å²) in [5.74, 6) is 1.00. The molecule has 1 aliphatic rings. The smallest absolute Gasteiger partial charge is 0.123 e. The molecule has 0 atom stereocenters. The van der Waals surface area contributed by atoms with Crippen LogP contribution in [-0.2, 0) is 12.8 Å². The highest BCUT2D eigenvalue weighted by atomic mass is 32.1. The summed E-state index contributed by atoms with van der Waals surface area (Å²) in [6, 6.07) is 6.22. The molecule has 1 N–H and O–H groups in total. The van der Waals surface area contributed by atoms with Crippen molar-refractivity contribution in [3.8, 4) is 16.3 Å². The van der Waals surface area contributed by atoms with Gasteiger partial charge in [-0.1, -0.05) is 0 Å². The Morgan fingerprint density at radius 3 is 3.24 bits per heavy atom. The maximum absolute atomic E-state index is 8.89. The van der Waals surface area contributed by atoms with Crippen LogP contribution in [-0.4, -0.2) is 23.3 Å². The third kappa shape index (κ3) is 2.06. The molecule has 0 amide bonds. The molecule has 17 heavy (non-hydrogen) atoms. The summed E-state index contributed by atoms with van der Waals surface area (Å²) in [5, 5.41) is 9.91. The molecule has 0 unspecified atom stereocenters. The van der Waals surface area contributed by atoms with Crippen LogP contribution in [0.2, 0.25) is 0 Å². The number of thiazole rings is 1. The standard InChI is InChI=1S/C13H13NO2S/c15-5-3-11-8-14-13(17-11)10-1-2-12-9(7-10)4-6-16-12/h1-2,7-8,15H,3-6H2. The van der Waals surface area contributed by atoms with Gasteiger partial charge in [0.05, 0.1) is 6.61 Å². The van der Waals surface area contributed by atoms with Crippen LogP contribution in [0.1, 0.15) is 10.4 Å². The highest BCUT2D eigenvalue weighted by Gasteiger charge is 2.13. The van der Waals surface area contributed by atoms with Crippen LogP contribution in [0.15, 0.2) is 24.4 Å². The molecule has 2 aromatic rings. The third-order valence-corrected chi connectivity index (χ3v) is 3.95. The molecule has 4 heteroatoms. The minimum atomic E-state index is 0.180. The lowest BCUT2D eigenvalue weighted by Crippen LogP contribution is -1.85. The number of aliphatic hydroxyl groups excluding tert-OH is 1. The molecule has 0 saturated heterocycles. The molecule has 0 radical (unpaired) electrons. The van der Waals surface area contributed by atoms with Crippen molar-refractivity contribution in [2.24, 2.45) is 0 Å². The Labute approximate surface area is 104 Å². The maximum atomic E-state index is 8.89. The van der Waals surface area contributed by atoms with E-state index >= 15 is 0 Å². The van der Waals surface area contributed by atoms with Crippen LogP contribution in [0.25, 0.3) is 10.6 Å². The topological polar surface area (TPSA) is 42.4 Å². The molecule has 0 fully saturated rings. The van der Waals surface area contributed by atoms with Crippen LogP contribution in [0.5, 0.6) is 5.75 Å². The van der Waals surface area contributed by atoms with Crippen molar-refractivity contribution < 1.29 is 9.84 Å². The fourth-order valence-corrected chi connectivity index (χ4v) is 2.88. The summed E-state index contributed by atoms with van der Waals surface area (Å²) in [5.41, 5.74) is 2.41. The summed E-state index contributed by atoms with van der Waals surface area (Å²) in [7, 11) is 0. The molecule has 1 aromatic carbocycles. The molecule has 88 valence electrons. The van der Waals surface area contributed by atoms with Gasteiger partial charge in [-0.05, 0) is 23.8 Å². The highest BCUT2D eigenvalue weighted by Crippen LogP contribution is 2.32. The van der Waals surface area contributed by atoms with Gasteiger partial charge in [-0.3, -0.25) is 0 Å². The first-order chi connectivity index (χ1) is 8.36. The summed E-state index contributed by atoms with van der Waals surface area (Å²) in [6.07, 6.45) is 3.52.